The minimum atomic E-state index is -0.731. The quantitative estimate of drug-likeness (QED) is 0.418. The van der Waals surface area contributed by atoms with Gasteiger partial charge in [-0.25, -0.2) is 9.18 Å². The minimum Gasteiger partial charge on any atom is -0.461 e. The fourth-order valence-electron chi connectivity index (χ4n) is 5.88. The number of carbonyl (C=O) groups excluding carboxylic acids is 1. The Balaban J connectivity index is 1.29. The van der Waals surface area contributed by atoms with Gasteiger partial charge in [0.2, 0.25) is 5.88 Å². The number of ether oxygens (including phenoxy) is 3. The largest absolute Gasteiger partial charge is 0.461 e. The Labute approximate surface area is 213 Å². The number of pyridine rings is 1. The maximum atomic E-state index is 15.1. The molecule has 0 bridgehead atoms. The number of amides is 1. The molecule has 1 unspecified atom stereocenters. The second-order valence-electron chi connectivity index (χ2n) is 9.96. The third-order valence-corrected chi connectivity index (χ3v) is 8.04. The highest BCUT2D eigenvalue weighted by Crippen LogP contribution is 2.43. The standard InChI is InChI=1S/C24H30ClFN6O4/c1-2-3-12-34-23(33)30-10-11-32-15(13-30)36-21-16-18(17(26)19(25)28-21)27-22(29-20(16)32)35-14-24-6-4-8-31(24)9-5-7-24/h15H,2-14H2,1H3. The Morgan fingerprint density at radius 2 is 2.00 bits per heavy atom. The van der Waals surface area contributed by atoms with Crippen molar-refractivity contribution in [3.8, 4) is 11.9 Å². The number of halogens is 2. The van der Waals surface area contributed by atoms with E-state index >= 15 is 4.39 Å². The molecule has 0 aliphatic carbocycles. The average Bonchev–Trinajstić information content (AvgIpc) is 3.46. The summed E-state index contributed by atoms with van der Waals surface area (Å²) in [5.41, 5.74) is 0.0296. The van der Waals surface area contributed by atoms with E-state index < -0.39 is 12.0 Å². The van der Waals surface area contributed by atoms with E-state index in [1.54, 1.807) is 4.90 Å². The summed E-state index contributed by atoms with van der Waals surface area (Å²) in [7, 11) is 0. The molecule has 1 amide bonds. The lowest BCUT2D eigenvalue weighted by Gasteiger charge is -2.43. The Morgan fingerprint density at radius 1 is 1.19 bits per heavy atom. The van der Waals surface area contributed by atoms with Crippen LogP contribution >= 0.6 is 11.6 Å². The third-order valence-electron chi connectivity index (χ3n) is 7.79. The molecule has 6 heterocycles. The molecule has 2 aromatic heterocycles. The number of hydrogen-bond donors (Lipinski definition) is 0. The summed E-state index contributed by atoms with van der Waals surface area (Å²) >= 11 is 6.11. The predicted octanol–water partition coefficient (Wildman–Crippen LogP) is 3.60. The van der Waals surface area contributed by atoms with Gasteiger partial charge in [0.05, 0.1) is 18.7 Å². The Morgan fingerprint density at radius 3 is 2.78 bits per heavy atom. The first-order valence-corrected chi connectivity index (χ1v) is 13.2. The number of rotatable bonds is 6. The number of fused-ring (bicyclic) bond motifs is 3. The normalized spacial score (nSPS) is 22.4. The molecule has 1 atom stereocenters. The smallest absolute Gasteiger partial charge is 0.410 e. The number of nitrogens with zero attached hydrogens (tertiary/aromatic N) is 6. The summed E-state index contributed by atoms with van der Waals surface area (Å²) in [6, 6.07) is 0.111. The van der Waals surface area contributed by atoms with Crippen molar-refractivity contribution in [2.75, 3.05) is 50.8 Å². The molecule has 4 aliphatic rings. The second-order valence-corrected chi connectivity index (χ2v) is 10.3. The highest BCUT2D eigenvalue weighted by Gasteiger charge is 2.45. The molecule has 36 heavy (non-hydrogen) atoms. The number of piperazine rings is 1. The first-order valence-electron chi connectivity index (χ1n) is 12.8. The summed E-state index contributed by atoms with van der Waals surface area (Å²) < 4.78 is 32.7. The van der Waals surface area contributed by atoms with Crippen LogP contribution in [-0.4, -0.2) is 88.5 Å². The molecule has 6 rings (SSSR count). The maximum absolute atomic E-state index is 15.1. The molecular formula is C24H30ClFN6O4. The van der Waals surface area contributed by atoms with Crippen LogP contribution in [0.4, 0.5) is 15.0 Å². The van der Waals surface area contributed by atoms with E-state index in [1.807, 2.05) is 11.8 Å². The third kappa shape index (κ3) is 3.96. The lowest BCUT2D eigenvalue weighted by molar-refractivity contribution is 0.0612. The maximum Gasteiger partial charge on any atom is 0.410 e. The number of carbonyl (C=O) groups is 1. The molecule has 10 nitrogen and oxygen atoms in total. The summed E-state index contributed by atoms with van der Waals surface area (Å²) in [4.78, 5) is 31.7. The summed E-state index contributed by atoms with van der Waals surface area (Å²) in [6.07, 6.45) is 5.27. The van der Waals surface area contributed by atoms with E-state index in [1.165, 1.54) is 0 Å². The highest BCUT2D eigenvalue weighted by molar-refractivity contribution is 6.30. The van der Waals surface area contributed by atoms with Crippen molar-refractivity contribution in [2.45, 2.75) is 57.2 Å². The van der Waals surface area contributed by atoms with Crippen LogP contribution in [0.1, 0.15) is 45.4 Å². The first-order chi connectivity index (χ1) is 17.5. The molecule has 3 saturated heterocycles. The zero-order valence-corrected chi connectivity index (χ0v) is 21.1. The van der Waals surface area contributed by atoms with Gasteiger partial charge in [-0.15, -0.1) is 0 Å². The highest BCUT2D eigenvalue weighted by atomic mass is 35.5. The van der Waals surface area contributed by atoms with Crippen molar-refractivity contribution in [3.05, 3.63) is 11.0 Å². The van der Waals surface area contributed by atoms with Crippen LogP contribution in [-0.2, 0) is 4.74 Å². The number of hydrogen-bond acceptors (Lipinski definition) is 9. The summed E-state index contributed by atoms with van der Waals surface area (Å²) in [6.45, 7) is 6.14. The molecule has 12 heteroatoms. The van der Waals surface area contributed by atoms with Gasteiger partial charge in [-0.05, 0) is 45.2 Å². The molecule has 0 saturated carbocycles. The first kappa shape index (κ1) is 23.7. The zero-order chi connectivity index (χ0) is 24.9. The van der Waals surface area contributed by atoms with Gasteiger partial charge in [0.1, 0.15) is 17.5 Å². The van der Waals surface area contributed by atoms with Crippen LogP contribution in [0, 0.1) is 5.82 Å². The van der Waals surface area contributed by atoms with Crippen LogP contribution in [0.3, 0.4) is 0 Å². The molecule has 0 aromatic carbocycles. The van der Waals surface area contributed by atoms with Crippen molar-refractivity contribution in [1.82, 2.24) is 24.8 Å². The second kappa shape index (κ2) is 9.33. The molecule has 3 fully saturated rings. The number of unbranched alkanes of at least 4 members (excludes halogenated alkanes) is 1. The number of anilines is 1. The van der Waals surface area contributed by atoms with E-state index in [4.69, 9.17) is 30.8 Å². The van der Waals surface area contributed by atoms with Crippen LogP contribution in [0.5, 0.6) is 11.9 Å². The molecule has 4 aliphatic heterocycles. The van der Waals surface area contributed by atoms with Gasteiger partial charge in [0.25, 0.3) is 0 Å². The monoisotopic (exact) mass is 520 g/mol. The molecule has 2 aromatic rings. The Hall–Kier alpha value is -2.66. The van der Waals surface area contributed by atoms with Crippen LogP contribution < -0.4 is 14.4 Å². The van der Waals surface area contributed by atoms with Crippen molar-refractivity contribution in [3.63, 3.8) is 0 Å². The fourth-order valence-corrected chi connectivity index (χ4v) is 6.04. The molecular weight excluding hydrogens is 491 g/mol. The Bertz CT molecular complexity index is 1180. The minimum absolute atomic E-state index is 0.00452. The van der Waals surface area contributed by atoms with E-state index in [2.05, 4.69) is 14.9 Å². The molecule has 0 radical (unpaired) electrons. The SMILES string of the molecule is CCCCOC(=O)N1CCN2c3nc(OCC45CCCN4CCC5)nc4c(F)c(Cl)nc(c34)OC2C1. The lowest BCUT2D eigenvalue weighted by atomic mass is 9.95. The van der Waals surface area contributed by atoms with E-state index in [0.717, 1.165) is 51.6 Å². The van der Waals surface area contributed by atoms with Gasteiger partial charge in [-0.3, -0.25) is 4.90 Å². The van der Waals surface area contributed by atoms with E-state index in [0.29, 0.717) is 37.5 Å². The lowest BCUT2D eigenvalue weighted by Crippen LogP contribution is -2.58. The van der Waals surface area contributed by atoms with Gasteiger partial charge in [-0.2, -0.15) is 15.0 Å². The van der Waals surface area contributed by atoms with Gasteiger partial charge >= 0.3 is 12.1 Å². The predicted molar refractivity (Wildman–Crippen MR) is 130 cm³/mol. The van der Waals surface area contributed by atoms with Gasteiger partial charge in [0, 0.05) is 13.1 Å². The van der Waals surface area contributed by atoms with E-state index in [-0.39, 0.29) is 40.7 Å². The van der Waals surface area contributed by atoms with E-state index in [9.17, 15) is 4.79 Å². The average molecular weight is 521 g/mol. The topological polar surface area (TPSA) is 93.2 Å². The fraction of sp³-hybridized carbons (Fsp3) is 0.667. The van der Waals surface area contributed by atoms with Crippen LogP contribution in [0.15, 0.2) is 0 Å². The van der Waals surface area contributed by atoms with Crippen LogP contribution in [0.2, 0.25) is 5.15 Å². The van der Waals surface area contributed by atoms with Crippen LogP contribution in [0.25, 0.3) is 10.9 Å². The van der Waals surface area contributed by atoms with Gasteiger partial charge in [-0.1, -0.05) is 24.9 Å². The van der Waals surface area contributed by atoms with Crippen molar-refractivity contribution in [1.29, 1.82) is 0 Å². The molecule has 0 spiro atoms. The Kier molecular flexibility index (Phi) is 6.15. The molecule has 0 N–H and O–H groups in total. The van der Waals surface area contributed by atoms with Crippen molar-refractivity contribution >= 4 is 34.4 Å². The van der Waals surface area contributed by atoms with Gasteiger partial charge in [0.15, 0.2) is 23.0 Å². The number of aromatic nitrogens is 3. The van der Waals surface area contributed by atoms with Gasteiger partial charge < -0.3 is 24.0 Å². The summed E-state index contributed by atoms with van der Waals surface area (Å²) in [5, 5.41) is 0.0329. The molecule has 194 valence electrons. The summed E-state index contributed by atoms with van der Waals surface area (Å²) in [5.74, 6) is -0.0992. The van der Waals surface area contributed by atoms with Crippen molar-refractivity contribution in [2.24, 2.45) is 0 Å². The van der Waals surface area contributed by atoms with Crippen molar-refractivity contribution < 1.29 is 23.4 Å². The zero-order valence-electron chi connectivity index (χ0n) is 20.3.